The summed E-state index contributed by atoms with van der Waals surface area (Å²) in [7, 11) is 0. The number of piperazine rings is 1. The highest BCUT2D eigenvalue weighted by molar-refractivity contribution is 9.10. The average molecular weight is 417 g/mol. The standard InChI is InChI=1S/C19H18BrFN4O/c1-2-7-23-8-10-24(11-9-23)19(26)6-4-15-3-5-18(17(21)12-15)25-14-16(20)13-22-25/h1,3-6,12-14H,7-11H2/b6-4+. The van der Waals surface area contributed by atoms with Crippen molar-refractivity contribution < 1.29 is 9.18 Å². The normalized spacial score (nSPS) is 15.3. The fourth-order valence-electron chi connectivity index (χ4n) is 2.77. The SMILES string of the molecule is C#CCN1CCN(C(=O)/C=C/c2ccc(-n3cc(Br)cn3)c(F)c2)CC1. The number of carbonyl (C=O) groups is 1. The molecule has 0 unspecified atom stereocenters. The minimum Gasteiger partial charge on any atom is -0.337 e. The van der Waals surface area contributed by atoms with E-state index < -0.39 is 5.82 Å². The van der Waals surface area contributed by atoms with Gasteiger partial charge in [-0.05, 0) is 39.7 Å². The van der Waals surface area contributed by atoms with Gasteiger partial charge >= 0.3 is 0 Å². The third-order valence-electron chi connectivity index (χ3n) is 4.19. The first-order valence-corrected chi connectivity index (χ1v) is 8.99. The number of hydrogen-bond donors (Lipinski definition) is 0. The molecule has 1 aliphatic heterocycles. The number of aromatic nitrogens is 2. The first-order valence-electron chi connectivity index (χ1n) is 8.20. The van der Waals surface area contributed by atoms with Crippen molar-refractivity contribution in [3.63, 3.8) is 0 Å². The van der Waals surface area contributed by atoms with Crippen molar-refractivity contribution in [1.82, 2.24) is 19.6 Å². The van der Waals surface area contributed by atoms with E-state index in [1.807, 2.05) is 0 Å². The maximum atomic E-state index is 14.3. The van der Waals surface area contributed by atoms with Crippen LogP contribution in [0.25, 0.3) is 11.8 Å². The van der Waals surface area contributed by atoms with Gasteiger partial charge in [0.15, 0.2) is 0 Å². The van der Waals surface area contributed by atoms with E-state index in [0.717, 1.165) is 17.6 Å². The lowest BCUT2D eigenvalue weighted by atomic mass is 10.1. The van der Waals surface area contributed by atoms with E-state index in [1.54, 1.807) is 35.5 Å². The summed E-state index contributed by atoms with van der Waals surface area (Å²) in [5.74, 6) is 2.13. The molecular weight excluding hydrogens is 399 g/mol. The molecule has 2 heterocycles. The van der Waals surface area contributed by atoms with Crippen molar-refractivity contribution in [2.75, 3.05) is 32.7 Å². The Kier molecular flexibility index (Phi) is 5.86. The first kappa shape index (κ1) is 18.4. The third kappa shape index (κ3) is 4.40. The highest BCUT2D eigenvalue weighted by Gasteiger charge is 2.18. The van der Waals surface area contributed by atoms with Crippen LogP contribution in [0, 0.1) is 18.2 Å². The highest BCUT2D eigenvalue weighted by atomic mass is 79.9. The Labute approximate surface area is 160 Å². The second-order valence-electron chi connectivity index (χ2n) is 5.95. The summed E-state index contributed by atoms with van der Waals surface area (Å²) < 4.78 is 16.5. The van der Waals surface area contributed by atoms with Gasteiger partial charge < -0.3 is 4.90 Å². The highest BCUT2D eigenvalue weighted by Crippen LogP contribution is 2.18. The van der Waals surface area contributed by atoms with Gasteiger partial charge in [-0.15, -0.1) is 6.42 Å². The molecule has 0 radical (unpaired) electrons. The number of amides is 1. The predicted octanol–water partition coefficient (Wildman–Crippen LogP) is 2.56. The van der Waals surface area contributed by atoms with Crippen LogP contribution in [0.3, 0.4) is 0 Å². The van der Waals surface area contributed by atoms with Crippen LogP contribution in [0.4, 0.5) is 4.39 Å². The Morgan fingerprint density at radius 3 is 2.73 bits per heavy atom. The third-order valence-corrected chi connectivity index (χ3v) is 4.60. The summed E-state index contributed by atoms with van der Waals surface area (Å²) in [6.45, 7) is 3.44. The summed E-state index contributed by atoms with van der Waals surface area (Å²) in [5, 5.41) is 4.07. The molecule has 0 spiro atoms. The molecule has 1 aliphatic rings. The number of nitrogens with zero attached hydrogens (tertiary/aromatic N) is 4. The summed E-state index contributed by atoms with van der Waals surface area (Å²) in [5.41, 5.74) is 0.973. The molecule has 7 heteroatoms. The molecule has 2 aromatic rings. The smallest absolute Gasteiger partial charge is 0.246 e. The van der Waals surface area contributed by atoms with Crippen LogP contribution < -0.4 is 0 Å². The molecule has 3 rings (SSSR count). The van der Waals surface area contributed by atoms with Crippen LogP contribution in [0.15, 0.2) is 41.1 Å². The molecule has 134 valence electrons. The maximum absolute atomic E-state index is 14.3. The van der Waals surface area contributed by atoms with E-state index in [9.17, 15) is 9.18 Å². The molecule has 1 aromatic heterocycles. The van der Waals surface area contributed by atoms with E-state index in [2.05, 4.69) is 31.8 Å². The number of rotatable bonds is 4. The fraction of sp³-hybridized carbons (Fsp3) is 0.263. The van der Waals surface area contributed by atoms with Crippen LogP contribution >= 0.6 is 15.9 Å². The molecule has 0 aliphatic carbocycles. The summed E-state index contributed by atoms with van der Waals surface area (Å²) in [4.78, 5) is 16.2. The van der Waals surface area contributed by atoms with E-state index >= 15 is 0 Å². The summed E-state index contributed by atoms with van der Waals surface area (Å²) in [6.07, 6.45) is 11.7. The average Bonchev–Trinajstić information content (AvgIpc) is 3.07. The van der Waals surface area contributed by atoms with Crippen LogP contribution in [0.1, 0.15) is 5.56 Å². The van der Waals surface area contributed by atoms with E-state index in [-0.39, 0.29) is 5.91 Å². The Bertz CT molecular complexity index is 863. The lowest BCUT2D eigenvalue weighted by Gasteiger charge is -2.33. The van der Waals surface area contributed by atoms with Crippen molar-refractivity contribution in [2.24, 2.45) is 0 Å². The fourth-order valence-corrected chi connectivity index (χ4v) is 3.06. The second-order valence-corrected chi connectivity index (χ2v) is 6.87. The Balaban J connectivity index is 1.63. The van der Waals surface area contributed by atoms with Crippen LogP contribution in [0.5, 0.6) is 0 Å². The number of benzene rings is 1. The van der Waals surface area contributed by atoms with Crippen LogP contribution in [0.2, 0.25) is 0 Å². The predicted molar refractivity (Wildman–Crippen MR) is 102 cm³/mol. The second kappa shape index (κ2) is 8.30. The van der Waals surface area contributed by atoms with E-state index in [0.29, 0.717) is 30.9 Å². The molecular formula is C19H18BrFN4O. The van der Waals surface area contributed by atoms with Crippen molar-refractivity contribution in [3.05, 3.63) is 52.5 Å². The van der Waals surface area contributed by atoms with Gasteiger partial charge in [-0.25, -0.2) is 9.07 Å². The molecule has 1 saturated heterocycles. The zero-order chi connectivity index (χ0) is 18.5. The molecule has 0 N–H and O–H groups in total. The number of carbonyl (C=O) groups excluding carboxylic acids is 1. The zero-order valence-corrected chi connectivity index (χ0v) is 15.7. The van der Waals surface area contributed by atoms with Gasteiger partial charge in [0, 0.05) is 38.5 Å². The summed E-state index contributed by atoms with van der Waals surface area (Å²) in [6, 6.07) is 4.78. The molecule has 0 bridgehead atoms. The Hall–Kier alpha value is -2.43. The lowest BCUT2D eigenvalue weighted by molar-refractivity contribution is -0.127. The van der Waals surface area contributed by atoms with Gasteiger partial charge in [-0.1, -0.05) is 12.0 Å². The first-order chi connectivity index (χ1) is 12.6. The van der Waals surface area contributed by atoms with Gasteiger partial charge in [-0.2, -0.15) is 5.10 Å². The molecule has 5 nitrogen and oxygen atoms in total. The zero-order valence-electron chi connectivity index (χ0n) is 14.1. The van der Waals surface area contributed by atoms with Gasteiger partial charge in [0.25, 0.3) is 0 Å². The molecule has 1 amide bonds. The Morgan fingerprint density at radius 2 is 2.12 bits per heavy atom. The molecule has 26 heavy (non-hydrogen) atoms. The van der Waals surface area contributed by atoms with Crippen LogP contribution in [-0.4, -0.2) is 58.2 Å². The van der Waals surface area contributed by atoms with Crippen LogP contribution in [-0.2, 0) is 4.79 Å². The monoisotopic (exact) mass is 416 g/mol. The maximum Gasteiger partial charge on any atom is 0.246 e. The largest absolute Gasteiger partial charge is 0.337 e. The number of terminal acetylenes is 1. The topological polar surface area (TPSA) is 41.4 Å². The molecule has 0 atom stereocenters. The molecule has 1 fully saturated rings. The Morgan fingerprint density at radius 1 is 1.35 bits per heavy atom. The van der Waals surface area contributed by atoms with Gasteiger partial charge in [0.05, 0.1) is 17.2 Å². The number of halogens is 2. The molecule has 0 saturated carbocycles. The minimum atomic E-state index is -0.405. The van der Waals surface area contributed by atoms with Crippen molar-refractivity contribution in [3.8, 4) is 18.0 Å². The lowest BCUT2D eigenvalue weighted by Crippen LogP contribution is -2.48. The van der Waals surface area contributed by atoms with E-state index in [4.69, 9.17) is 6.42 Å². The van der Waals surface area contributed by atoms with Gasteiger partial charge in [0.1, 0.15) is 11.5 Å². The quantitative estimate of drug-likeness (QED) is 0.568. The van der Waals surface area contributed by atoms with E-state index in [1.165, 1.54) is 16.8 Å². The number of hydrogen-bond acceptors (Lipinski definition) is 3. The van der Waals surface area contributed by atoms with Crippen molar-refractivity contribution in [1.29, 1.82) is 0 Å². The van der Waals surface area contributed by atoms with Crippen molar-refractivity contribution in [2.45, 2.75) is 0 Å². The summed E-state index contributed by atoms with van der Waals surface area (Å²) >= 11 is 3.29. The van der Waals surface area contributed by atoms with Gasteiger partial charge in [0.2, 0.25) is 5.91 Å². The van der Waals surface area contributed by atoms with Gasteiger partial charge in [-0.3, -0.25) is 9.69 Å². The minimum absolute atomic E-state index is 0.0779. The molecule has 1 aromatic carbocycles. The van der Waals surface area contributed by atoms with Crippen molar-refractivity contribution >= 4 is 27.9 Å².